The highest BCUT2D eigenvalue weighted by Gasteiger charge is 2.11. The first-order valence-electron chi connectivity index (χ1n) is 8.86. The highest BCUT2D eigenvalue weighted by molar-refractivity contribution is 5.58. The van der Waals surface area contributed by atoms with Gasteiger partial charge in [-0.05, 0) is 54.5 Å². The maximum absolute atomic E-state index is 10.5. The molecule has 0 saturated carbocycles. The maximum Gasteiger partial charge on any atom is 0.146 e. The first-order chi connectivity index (χ1) is 11.5. The van der Waals surface area contributed by atoms with Crippen molar-refractivity contribution in [3.63, 3.8) is 0 Å². The van der Waals surface area contributed by atoms with Crippen LogP contribution >= 0.6 is 0 Å². The van der Waals surface area contributed by atoms with Crippen LogP contribution in [0.25, 0.3) is 0 Å². The molecule has 0 unspecified atom stereocenters. The van der Waals surface area contributed by atoms with Crippen LogP contribution in [0.3, 0.4) is 0 Å². The van der Waals surface area contributed by atoms with E-state index in [1.807, 2.05) is 37.3 Å². The van der Waals surface area contributed by atoms with Gasteiger partial charge in [-0.2, -0.15) is 5.11 Å². The van der Waals surface area contributed by atoms with Crippen molar-refractivity contribution in [1.82, 2.24) is 0 Å². The number of unbranched alkanes of at least 4 members (excludes halogenated alkanes) is 2. The van der Waals surface area contributed by atoms with E-state index in [0.717, 1.165) is 29.7 Å². The lowest BCUT2D eigenvalue weighted by Gasteiger charge is -2.11. The Labute approximate surface area is 145 Å². The molecule has 3 nitrogen and oxygen atoms in total. The SMILES string of the molecule is CCCCCc1ccccc1N=Nc1cc(C)cc(C(C)C)c1O. The fraction of sp³-hybridized carbons (Fsp3) is 0.429. The maximum atomic E-state index is 10.5. The lowest BCUT2D eigenvalue weighted by atomic mass is 9.99. The van der Waals surface area contributed by atoms with E-state index in [2.05, 4.69) is 37.1 Å². The molecular weight excluding hydrogens is 296 g/mol. The lowest BCUT2D eigenvalue weighted by Crippen LogP contribution is -1.90. The zero-order valence-electron chi connectivity index (χ0n) is 15.2. The van der Waals surface area contributed by atoms with Crippen LogP contribution in [0.4, 0.5) is 11.4 Å². The van der Waals surface area contributed by atoms with E-state index >= 15 is 0 Å². The minimum Gasteiger partial charge on any atom is -0.505 e. The summed E-state index contributed by atoms with van der Waals surface area (Å²) in [6, 6.07) is 12.0. The third-order valence-corrected chi connectivity index (χ3v) is 4.19. The first-order valence-corrected chi connectivity index (χ1v) is 8.86. The normalized spacial score (nSPS) is 11.5. The second kappa shape index (κ2) is 8.62. The number of hydrogen-bond acceptors (Lipinski definition) is 3. The molecule has 0 saturated heterocycles. The third-order valence-electron chi connectivity index (χ3n) is 4.19. The van der Waals surface area contributed by atoms with Crippen molar-refractivity contribution in [2.24, 2.45) is 10.2 Å². The van der Waals surface area contributed by atoms with E-state index in [1.165, 1.54) is 18.4 Å². The van der Waals surface area contributed by atoms with Gasteiger partial charge in [-0.25, -0.2) is 0 Å². The number of hydrogen-bond donors (Lipinski definition) is 1. The molecule has 0 radical (unpaired) electrons. The average Bonchev–Trinajstić information content (AvgIpc) is 2.56. The summed E-state index contributed by atoms with van der Waals surface area (Å²) in [5, 5.41) is 19.2. The molecule has 24 heavy (non-hydrogen) atoms. The highest BCUT2D eigenvalue weighted by atomic mass is 16.3. The van der Waals surface area contributed by atoms with Crippen molar-refractivity contribution in [2.45, 2.75) is 59.3 Å². The quantitative estimate of drug-likeness (QED) is 0.433. The van der Waals surface area contributed by atoms with Gasteiger partial charge >= 0.3 is 0 Å². The second-order valence-electron chi connectivity index (χ2n) is 6.66. The minimum atomic E-state index is 0.239. The summed E-state index contributed by atoms with van der Waals surface area (Å²) in [6.45, 7) is 8.36. The molecule has 2 aromatic carbocycles. The number of benzene rings is 2. The zero-order chi connectivity index (χ0) is 17.5. The van der Waals surface area contributed by atoms with Crippen LogP contribution in [0.5, 0.6) is 5.75 Å². The Bertz CT molecular complexity index is 705. The van der Waals surface area contributed by atoms with Gasteiger partial charge < -0.3 is 5.11 Å². The molecular formula is C21H28N2O. The third kappa shape index (κ3) is 4.67. The van der Waals surface area contributed by atoms with Crippen LogP contribution in [0.2, 0.25) is 0 Å². The Morgan fingerprint density at radius 2 is 1.71 bits per heavy atom. The Morgan fingerprint density at radius 3 is 2.42 bits per heavy atom. The van der Waals surface area contributed by atoms with E-state index in [4.69, 9.17) is 0 Å². The van der Waals surface area contributed by atoms with E-state index in [0.29, 0.717) is 5.69 Å². The summed E-state index contributed by atoms with van der Waals surface area (Å²) < 4.78 is 0. The zero-order valence-corrected chi connectivity index (χ0v) is 15.2. The number of phenols is 1. The smallest absolute Gasteiger partial charge is 0.146 e. The molecule has 3 heteroatoms. The predicted molar refractivity (Wildman–Crippen MR) is 101 cm³/mol. The molecule has 0 spiro atoms. The van der Waals surface area contributed by atoms with Gasteiger partial charge in [0.2, 0.25) is 0 Å². The second-order valence-corrected chi connectivity index (χ2v) is 6.66. The monoisotopic (exact) mass is 324 g/mol. The van der Waals surface area contributed by atoms with Crippen LogP contribution in [0.15, 0.2) is 46.6 Å². The number of nitrogens with zero attached hydrogens (tertiary/aromatic N) is 2. The van der Waals surface area contributed by atoms with Gasteiger partial charge in [-0.3, -0.25) is 0 Å². The number of aryl methyl sites for hydroxylation is 2. The molecule has 2 aromatic rings. The Hall–Kier alpha value is -2.16. The van der Waals surface area contributed by atoms with Crippen LogP contribution < -0.4 is 0 Å². The van der Waals surface area contributed by atoms with Crippen molar-refractivity contribution in [2.75, 3.05) is 0 Å². The number of azo groups is 1. The topological polar surface area (TPSA) is 45.0 Å². The molecule has 0 aliphatic rings. The van der Waals surface area contributed by atoms with Crippen molar-refractivity contribution >= 4 is 11.4 Å². The fourth-order valence-corrected chi connectivity index (χ4v) is 2.80. The first kappa shape index (κ1) is 18.2. The Morgan fingerprint density at radius 1 is 1.00 bits per heavy atom. The van der Waals surface area contributed by atoms with E-state index < -0.39 is 0 Å². The molecule has 0 fully saturated rings. The molecule has 0 aliphatic carbocycles. The molecule has 0 amide bonds. The average molecular weight is 324 g/mol. The summed E-state index contributed by atoms with van der Waals surface area (Å²) in [4.78, 5) is 0. The molecule has 0 heterocycles. The van der Waals surface area contributed by atoms with Gasteiger partial charge in [0.1, 0.15) is 11.4 Å². The summed E-state index contributed by atoms with van der Waals surface area (Å²) in [6.07, 6.45) is 4.61. The van der Waals surface area contributed by atoms with Gasteiger partial charge in [0.25, 0.3) is 0 Å². The van der Waals surface area contributed by atoms with Gasteiger partial charge in [0.05, 0.1) is 5.69 Å². The number of phenolic OH excluding ortho intramolecular Hbond substituents is 1. The van der Waals surface area contributed by atoms with E-state index in [1.54, 1.807) is 0 Å². The van der Waals surface area contributed by atoms with E-state index in [9.17, 15) is 5.11 Å². The van der Waals surface area contributed by atoms with Crippen molar-refractivity contribution < 1.29 is 5.11 Å². The predicted octanol–water partition coefficient (Wildman–Crippen LogP) is 6.97. The van der Waals surface area contributed by atoms with Gasteiger partial charge in [0, 0.05) is 0 Å². The van der Waals surface area contributed by atoms with Crippen LogP contribution in [-0.2, 0) is 6.42 Å². The largest absolute Gasteiger partial charge is 0.505 e. The molecule has 0 aromatic heterocycles. The van der Waals surface area contributed by atoms with Crippen molar-refractivity contribution in [1.29, 1.82) is 0 Å². The number of aromatic hydroxyl groups is 1. The molecule has 1 N–H and O–H groups in total. The Balaban J connectivity index is 2.28. The molecule has 0 aliphatic heterocycles. The van der Waals surface area contributed by atoms with Crippen molar-refractivity contribution in [3.05, 3.63) is 53.1 Å². The summed E-state index contributed by atoms with van der Waals surface area (Å²) >= 11 is 0. The van der Waals surface area contributed by atoms with Gasteiger partial charge in [-0.15, -0.1) is 5.11 Å². The molecule has 0 bridgehead atoms. The molecule has 2 rings (SSSR count). The summed E-state index contributed by atoms with van der Waals surface area (Å²) in [7, 11) is 0. The Kier molecular flexibility index (Phi) is 6.53. The van der Waals surface area contributed by atoms with Crippen molar-refractivity contribution in [3.8, 4) is 5.75 Å². The van der Waals surface area contributed by atoms with Crippen LogP contribution in [0.1, 0.15) is 62.6 Å². The fourth-order valence-electron chi connectivity index (χ4n) is 2.80. The van der Waals surface area contributed by atoms with Gasteiger partial charge in [0.15, 0.2) is 0 Å². The molecule has 128 valence electrons. The van der Waals surface area contributed by atoms with E-state index in [-0.39, 0.29) is 11.7 Å². The minimum absolute atomic E-state index is 0.239. The van der Waals surface area contributed by atoms with Crippen LogP contribution in [0, 0.1) is 6.92 Å². The summed E-state index contributed by atoms with van der Waals surface area (Å²) in [5.41, 5.74) is 4.65. The number of rotatable bonds is 7. The van der Waals surface area contributed by atoms with Gasteiger partial charge in [-0.1, -0.05) is 57.9 Å². The molecule has 0 atom stereocenters. The summed E-state index contributed by atoms with van der Waals surface area (Å²) in [5.74, 6) is 0.489. The highest BCUT2D eigenvalue weighted by Crippen LogP contribution is 2.37. The standard InChI is InChI=1S/C21H28N2O/c1-5-6-7-10-17-11-8-9-12-19(17)22-23-20-14-16(4)13-18(15(2)3)21(20)24/h8-9,11-15,24H,5-7,10H2,1-4H3. The van der Waals surface area contributed by atoms with Crippen LogP contribution in [-0.4, -0.2) is 5.11 Å². The lowest BCUT2D eigenvalue weighted by molar-refractivity contribution is 0.466.